The molecule has 1 aliphatic rings. The lowest BCUT2D eigenvalue weighted by Crippen LogP contribution is -2.39. The molecule has 128 valence electrons. The maximum absolute atomic E-state index is 12.3. The average Bonchev–Trinajstić information content (AvgIpc) is 3.00. The van der Waals surface area contributed by atoms with Crippen LogP contribution in [0.2, 0.25) is 0 Å². The molecule has 1 aliphatic heterocycles. The number of hydrogen-bond donors (Lipinski definition) is 1. The molecule has 0 saturated carbocycles. The van der Waals surface area contributed by atoms with E-state index in [4.69, 9.17) is 5.11 Å². The molecule has 1 fully saturated rings. The minimum atomic E-state index is -4.61. The monoisotopic (exact) mass is 330 g/mol. The summed E-state index contributed by atoms with van der Waals surface area (Å²) in [5.74, 6) is -0.00472. The average molecular weight is 330 g/mol. The Hall–Kier alpha value is -1.60. The zero-order valence-electron chi connectivity index (χ0n) is 13.0. The van der Waals surface area contributed by atoms with E-state index in [0.717, 1.165) is 31.5 Å². The van der Waals surface area contributed by atoms with Gasteiger partial charge >= 0.3 is 6.18 Å². The fourth-order valence-electron chi connectivity index (χ4n) is 2.63. The Balaban J connectivity index is 1.90. The summed E-state index contributed by atoms with van der Waals surface area (Å²) < 4.78 is 37.0. The minimum absolute atomic E-state index is 0.00472. The topological polar surface area (TPSA) is 43.8 Å². The van der Waals surface area contributed by atoms with E-state index in [-0.39, 0.29) is 12.5 Å². The van der Waals surface area contributed by atoms with Gasteiger partial charge in [0.15, 0.2) is 6.10 Å². The smallest absolute Gasteiger partial charge is 0.382 e. The van der Waals surface area contributed by atoms with Gasteiger partial charge in [-0.1, -0.05) is 12.1 Å². The molecule has 1 amide bonds. The molecule has 1 aromatic carbocycles. The third kappa shape index (κ3) is 4.94. The maximum atomic E-state index is 12.3. The normalized spacial score (nSPS) is 16.9. The number of rotatable bonds is 5. The molecule has 0 bridgehead atoms. The first-order valence-corrected chi connectivity index (χ1v) is 7.59. The van der Waals surface area contributed by atoms with E-state index in [1.165, 1.54) is 11.9 Å². The number of benzene rings is 1. The summed E-state index contributed by atoms with van der Waals surface area (Å²) in [6.07, 6.45) is -4.92. The van der Waals surface area contributed by atoms with E-state index in [1.807, 2.05) is 0 Å². The zero-order chi connectivity index (χ0) is 17.0. The van der Waals surface area contributed by atoms with Crippen LogP contribution >= 0.6 is 0 Å². The number of nitrogens with zero attached hydrogens (tertiary/aromatic N) is 2. The number of halogens is 3. The summed E-state index contributed by atoms with van der Waals surface area (Å²) in [5.41, 5.74) is 1.38. The largest absolute Gasteiger partial charge is 0.415 e. The fourth-order valence-corrected chi connectivity index (χ4v) is 2.63. The van der Waals surface area contributed by atoms with Crippen LogP contribution in [-0.2, 0) is 6.54 Å². The Morgan fingerprint density at radius 2 is 1.83 bits per heavy atom. The molecule has 0 spiro atoms. The van der Waals surface area contributed by atoms with Crippen molar-refractivity contribution in [1.82, 2.24) is 9.80 Å². The van der Waals surface area contributed by atoms with E-state index in [1.54, 1.807) is 29.2 Å². The summed E-state index contributed by atoms with van der Waals surface area (Å²) in [6, 6.07) is 6.87. The van der Waals surface area contributed by atoms with Crippen molar-refractivity contribution in [2.75, 3.05) is 26.7 Å². The van der Waals surface area contributed by atoms with Crippen LogP contribution in [0.1, 0.15) is 28.8 Å². The number of carbonyl (C=O) groups excluding carboxylic acids is 1. The van der Waals surface area contributed by atoms with Crippen molar-refractivity contribution >= 4 is 5.91 Å². The first-order chi connectivity index (χ1) is 10.8. The lowest BCUT2D eigenvalue weighted by atomic mass is 10.1. The Kier molecular flexibility index (Phi) is 5.64. The first-order valence-electron chi connectivity index (χ1n) is 7.59. The van der Waals surface area contributed by atoms with Gasteiger partial charge in [0.25, 0.3) is 5.91 Å². The second-order valence-corrected chi connectivity index (χ2v) is 5.95. The van der Waals surface area contributed by atoms with E-state index in [2.05, 4.69) is 0 Å². The molecule has 1 heterocycles. The third-order valence-electron chi connectivity index (χ3n) is 3.91. The summed E-state index contributed by atoms with van der Waals surface area (Å²) in [7, 11) is 1.51. The number of carbonyl (C=O) groups is 1. The molecular formula is C16H21F3N2O2. The van der Waals surface area contributed by atoms with Crippen molar-refractivity contribution in [3.05, 3.63) is 35.4 Å². The fraction of sp³-hybridized carbons (Fsp3) is 0.562. The number of aliphatic hydroxyl groups is 1. The van der Waals surface area contributed by atoms with Crippen LogP contribution in [0.3, 0.4) is 0 Å². The Labute approximate surface area is 133 Å². The van der Waals surface area contributed by atoms with Gasteiger partial charge in [-0.05, 0) is 37.6 Å². The number of hydrogen-bond acceptors (Lipinski definition) is 3. The lowest BCUT2D eigenvalue weighted by molar-refractivity contribution is -0.207. The maximum Gasteiger partial charge on any atom is 0.415 e. The molecule has 4 nitrogen and oxygen atoms in total. The van der Waals surface area contributed by atoms with Crippen LogP contribution in [0.25, 0.3) is 0 Å². The zero-order valence-corrected chi connectivity index (χ0v) is 13.0. The summed E-state index contributed by atoms with van der Waals surface area (Å²) >= 11 is 0. The van der Waals surface area contributed by atoms with Crippen molar-refractivity contribution in [2.24, 2.45) is 0 Å². The number of likely N-dealkylation sites (N-methyl/N-ethyl adjacent to an activating group) is 1. The molecule has 2 rings (SSSR count). The van der Waals surface area contributed by atoms with Gasteiger partial charge in [-0.15, -0.1) is 0 Å². The second-order valence-electron chi connectivity index (χ2n) is 5.95. The minimum Gasteiger partial charge on any atom is -0.382 e. The Bertz CT molecular complexity index is 525. The van der Waals surface area contributed by atoms with Crippen LogP contribution in [0.15, 0.2) is 24.3 Å². The van der Waals surface area contributed by atoms with Gasteiger partial charge in [0.1, 0.15) is 0 Å². The molecule has 1 unspecified atom stereocenters. The van der Waals surface area contributed by atoms with Crippen LogP contribution in [0.5, 0.6) is 0 Å². The highest BCUT2D eigenvalue weighted by Crippen LogP contribution is 2.21. The predicted molar refractivity (Wildman–Crippen MR) is 80.0 cm³/mol. The van der Waals surface area contributed by atoms with Gasteiger partial charge < -0.3 is 10.0 Å². The molecule has 1 saturated heterocycles. The molecule has 7 heteroatoms. The van der Waals surface area contributed by atoms with Crippen molar-refractivity contribution < 1.29 is 23.1 Å². The lowest BCUT2D eigenvalue weighted by Gasteiger charge is -2.22. The van der Waals surface area contributed by atoms with Crippen LogP contribution < -0.4 is 0 Å². The Morgan fingerprint density at radius 3 is 2.35 bits per heavy atom. The second kappa shape index (κ2) is 7.31. The number of amides is 1. The molecular weight excluding hydrogens is 309 g/mol. The van der Waals surface area contributed by atoms with Crippen molar-refractivity contribution in [3.63, 3.8) is 0 Å². The van der Waals surface area contributed by atoms with E-state index < -0.39 is 18.8 Å². The van der Waals surface area contributed by atoms with Crippen LogP contribution in [0.4, 0.5) is 13.2 Å². The van der Waals surface area contributed by atoms with Crippen molar-refractivity contribution in [2.45, 2.75) is 31.7 Å². The molecule has 1 atom stereocenters. The highest BCUT2D eigenvalue weighted by molar-refractivity contribution is 5.94. The molecule has 0 radical (unpaired) electrons. The SMILES string of the molecule is CN(Cc1ccc(C(=O)N2CCCC2)cc1)CC(O)C(F)(F)F. The quantitative estimate of drug-likeness (QED) is 0.901. The van der Waals surface area contributed by atoms with Crippen molar-refractivity contribution in [3.8, 4) is 0 Å². The highest BCUT2D eigenvalue weighted by atomic mass is 19.4. The third-order valence-corrected chi connectivity index (χ3v) is 3.91. The molecule has 23 heavy (non-hydrogen) atoms. The van der Waals surface area contributed by atoms with Gasteiger partial charge in [0, 0.05) is 31.7 Å². The summed E-state index contributed by atoms with van der Waals surface area (Å²) in [6.45, 7) is 1.33. The van der Waals surface area contributed by atoms with E-state index in [9.17, 15) is 18.0 Å². The van der Waals surface area contributed by atoms with Crippen molar-refractivity contribution in [1.29, 1.82) is 0 Å². The number of likely N-dealkylation sites (tertiary alicyclic amines) is 1. The van der Waals surface area contributed by atoms with Gasteiger partial charge in [-0.2, -0.15) is 13.2 Å². The summed E-state index contributed by atoms with van der Waals surface area (Å²) in [5, 5.41) is 9.06. The number of aliphatic hydroxyl groups excluding tert-OH is 1. The van der Waals surface area contributed by atoms with Gasteiger partial charge in [-0.3, -0.25) is 9.69 Å². The number of alkyl halides is 3. The Morgan fingerprint density at radius 1 is 1.26 bits per heavy atom. The van der Waals surface area contributed by atoms with Gasteiger partial charge in [0.2, 0.25) is 0 Å². The van der Waals surface area contributed by atoms with E-state index in [0.29, 0.717) is 5.56 Å². The van der Waals surface area contributed by atoms with E-state index >= 15 is 0 Å². The van der Waals surface area contributed by atoms with Gasteiger partial charge in [-0.25, -0.2) is 0 Å². The standard InChI is InChI=1S/C16H21F3N2O2/c1-20(11-14(22)16(17,18)19)10-12-4-6-13(7-5-12)15(23)21-8-2-3-9-21/h4-7,14,22H,2-3,8-11H2,1H3. The molecule has 0 aliphatic carbocycles. The summed E-state index contributed by atoms with van der Waals surface area (Å²) in [4.78, 5) is 15.4. The van der Waals surface area contributed by atoms with Crippen LogP contribution in [-0.4, -0.2) is 59.8 Å². The molecule has 1 aromatic rings. The molecule has 1 N–H and O–H groups in total. The van der Waals surface area contributed by atoms with Gasteiger partial charge in [0.05, 0.1) is 0 Å². The highest BCUT2D eigenvalue weighted by Gasteiger charge is 2.38. The predicted octanol–water partition coefficient (Wildman–Crippen LogP) is 2.28. The first kappa shape index (κ1) is 17.7. The van der Waals surface area contributed by atoms with Crippen LogP contribution in [0, 0.1) is 0 Å². The molecule has 0 aromatic heterocycles.